The Morgan fingerprint density at radius 2 is 1.94 bits per heavy atom. The molecule has 6 nitrogen and oxygen atoms in total. The number of hydrogen-bond acceptors (Lipinski definition) is 5. The second kappa shape index (κ2) is 11.3. The minimum absolute atomic E-state index is 0.234. The molecule has 0 aliphatic carbocycles. The number of likely N-dealkylation sites (tertiary alicyclic amines) is 1. The molecule has 34 heavy (non-hydrogen) atoms. The Labute approximate surface area is 207 Å². The van der Waals surface area contributed by atoms with Crippen molar-refractivity contribution in [1.82, 2.24) is 14.5 Å². The number of nitrogens with zero attached hydrogens (tertiary/aromatic N) is 3. The number of imidazole rings is 1. The number of benzene rings is 2. The zero-order valence-electron chi connectivity index (χ0n) is 20.0. The molecule has 0 unspecified atom stereocenters. The lowest BCUT2D eigenvalue weighted by atomic mass is 9.93. The molecule has 1 N–H and O–H groups in total. The van der Waals surface area contributed by atoms with Gasteiger partial charge in [0.1, 0.15) is 29.5 Å². The molecule has 7 heteroatoms. The minimum atomic E-state index is -0.887. The highest BCUT2D eigenvalue weighted by Gasteiger charge is 2.34. The Balaban J connectivity index is 1.23. The number of aryl methyl sites for hydroxylation is 3. The highest BCUT2D eigenvalue weighted by molar-refractivity contribution is 6.32. The van der Waals surface area contributed by atoms with Crippen molar-refractivity contribution in [2.45, 2.75) is 51.8 Å². The molecule has 1 fully saturated rings. The number of aliphatic hydroxyl groups is 1. The number of aromatic nitrogens is 2. The summed E-state index contributed by atoms with van der Waals surface area (Å²) in [5.74, 6) is 2.53. The Hall–Kier alpha value is -2.54. The van der Waals surface area contributed by atoms with Gasteiger partial charge in [-0.15, -0.1) is 0 Å². The van der Waals surface area contributed by atoms with Crippen LogP contribution in [0.3, 0.4) is 0 Å². The number of halogens is 1. The Kier molecular flexibility index (Phi) is 8.14. The summed E-state index contributed by atoms with van der Waals surface area (Å²) in [6.07, 6.45) is 6.40. The lowest BCUT2D eigenvalue weighted by molar-refractivity contribution is -0.0620. The Bertz CT molecular complexity index is 1070. The predicted molar refractivity (Wildman–Crippen MR) is 135 cm³/mol. The maximum atomic E-state index is 11.2. The van der Waals surface area contributed by atoms with Gasteiger partial charge in [-0.05, 0) is 75.0 Å². The van der Waals surface area contributed by atoms with E-state index < -0.39 is 5.60 Å². The van der Waals surface area contributed by atoms with E-state index in [1.54, 1.807) is 0 Å². The molecule has 0 spiro atoms. The maximum Gasteiger partial charge on any atom is 0.138 e. The topological polar surface area (TPSA) is 59.8 Å². The van der Waals surface area contributed by atoms with Crippen molar-refractivity contribution < 1.29 is 14.6 Å². The van der Waals surface area contributed by atoms with Crippen molar-refractivity contribution >= 4 is 11.6 Å². The summed E-state index contributed by atoms with van der Waals surface area (Å²) < 4.78 is 14.0. The standard InChI is InChI=1S/C27H34ClN3O3/c1-21-5-10-25(28)26(17-21)34-20-27(32)11-3-13-30(19-27)18-23-6-8-24(9-7-23)33-16-4-14-31-15-12-29-22(31)2/h5-10,12,15,17,32H,3-4,11,13-14,16,18-20H2,1-2H3/t27-/m1/s1. The van der Waals surface area contributed by atoms with Gasteiger partial charge in [0.05, 0.1) is 11.6 Å². The van der Waals surface area contributed by atoms with Crippen LogP contribution in [0.15, 0.2) is 54.9 Å². The first-order valence-electron chi connectivity index (χ1n) is 11.9. The summed E-state index contributed by atoms with van der Waals surface area (Å²) in [7, 11) is 0. The fourth-order valence-corrected chi connectivity index (χ4v) is 4.58. The molecule has 0 radical (unpaired) electrons. The smallest absolute Gasteiger partial charge is 0.138 e. The summed E-state index contributed by atoms with van der Waals surface area (Å²) in [5, 5.41) is 11.7. The van der Waals surface area contributed by atoms with Crippen LogP contribution in [-0.2, 0) is 13.1 Å². The van der Waals surface area contributed by atoms with Crippen LogP contribution >= 0.6 is 11.6 Å². The van der Waals surface area contributed by atoms with Gasteiger partial charge in [-0.2, -0.15) is 0 Å². The molecule has 1 aromatic heterocycles. The quantitative estimate of drug-likeness (QED) is 0.410. The van der Waals surface area contributed by atoms with Gasteiger partial charge in [0, 0.05) is 32.0 Å². The molecule has 0 amide bonds. The SMILES string of the molecule is Cc1ccc(Cl)c(OC[C@@]2(O)CCCN(Cc3ccc(OCCCn4ccnc4C)cc3)C2)c1. The summed E-state index contributed by atoms with van der Waals surface area (Å²) in [6, 6.07) is 13.9. The van der Waals surface area contributed by atoms with E-state index in [0.29, 0.717) is 23.9 Å². The lowest BCUT2D eigenvalue weighted by Crippen LogP contribution is -2.51. The zero-order valence-corrected chi connectivity index (χ0v) is 20.8. The predicted octanol–water partition coefficient (Wildman–Crippen LogP) is 5.03. The van der Waals surface area contributed by atoms with E-state index in [-0.39, 0.29) is 6.61 Å². The van der Waals surface area contributed by atoms with E-state index >= 15 is 0 Å². The summed E-state index contributed by atoms with van der Waals surface area (Å²) >= 11 is 6.25. The number of rotatable bonds is 10. The third kappa shape index (κ3) is 6.75. The summed E-state index contributed by atoms with van der Waals surface area (Å²) in [5.41, 5.74) is 1.40. The summed E-state index contributed by atoms with van der Waals surface area (Å²) in [4.78, 5) is 6.53. The van der Waals surface area contributed by atoms with Gasteiger partial charge in [0.15, 0.2) is 0 Å². The highest BCUT2D eigenvalue weighted by atomic mass is 35.5. The highest BCUT2D eigenvalue weighted by Crippen LogP contribution is 2.29. The average molecular weight is 484 g/mol. The molecule has 0 bridgehead atoms. The van der Waals surface area contributed by atoms with Crippen LogP contribution in [0.1, 0.15) is 36.2 Å². The molecule has 4 rings (SSSR count). The second-order valence-corrected chi connectivity index (χ2v) is 9.68. The fourth-order valence-electron chi connectivity index (χ4n) is 4.41. The maximum absolute atomic E-state index is 11.2. The molecule has 1 aliphatic heterocycles. The molecular weight excluding hydrogens is 450 g/mol. The number of piperidine rings is 1. The van der Waals surface area contributed by atoms with Gasteiger partial charge in [0.2, 0.25) is 0 Å². The first kappa shape index (κ1) is 24.6. The van der Waals surface area contributed by atoms with Crippen molar-refractivity contribution in [3.8, 4) is 11.5 Å². The lowest BCUT2D eigenvalue weighted by Gasteiger charge is -2.39. The van der Waals surface area contributed by atoms with Crippen LogP contribution < -0.4 is 9.47 Å². The molecule has 2 heterocycles. The van der Waals surface area contributed by atoms with E-state index in [2.05, 4.69) is 26.6 Å². The van der Waals surface area contributed by atoms with Gasteiger partial charge in [-0.25, -0.2) is 4.98 Å². The van der Waals surface area contributed by atoms with Crippen molar-refractivity contribution in [1.29, 1.82) is 0 Å². The van der Waals surface area contributed by atoms with Crippen LogP contribution in [0.2, 0.25) is 5.02 Å². The molecule has 0 saturated carbocycles. The third-order valence-electron chi connectivity index (χ3n) is 6.28. The van der Waals surface area contributed by atoms with Crippen LogP contribution in [-0.4, -0.2) is 51.5 Å². The van der Waals surface area contributed by atoms with Crippen LogP contribution in [0.5, 0.6) is 11.5 Å². The van der Waals surface area contributed by atoms with Crippen LogP contribution in [0.4, 0.5) is 0 Å². The van der Waals surface area contributed by atoms with Gasteiger partial charge < -0.3 is 19.1 Å². The van der Waals surface area contributed by atoms with Crippen molar-refractivity contribution in [2.24, 2.45) is 0 Å². The molecule has 182 valence electrons. The number of hydrogen-bond donors (Lipinski definition) is 1. The van der Waals surface area contributed by atoms with Crippen LogP contribution in [0.25, 0.3) is 0 Å². The molecule has 2 aromatic carbocycles. The van der Waals surface area contributed by atoms with Crippen molar-refractivity contribution in [3.05, 3.63) is 76.8 Å². The van der Waals surface area contributed by atoms with E-state index in [1.165, 1.54) is 5.56 Å². The fraction of sp³-hybridized carbons (Fsp3) is 0.444. The first-order chi connectivity index (χ1) is 16.4. The molecule has 1 atom stereocenters. The van der Waals surface area contributed by atoms with E-state index in [1.807, 2.05) is 56.6 Å². The molecule has 1 aliphatic rings. The monoisotopic (exact) mass is 483 g/mol. The third-order valence-corrected chi connectivity index (χ3v) is 6.59. The van der Waals surface area contributed by atoms with E-state index in [0.717, 1.165) is 56.0 Å². The number of β-amino-alcohol motifs (C(OH)–C–C–N with tert-alkyl or cyclic N) is 1. The first-order valence-corrected chi connectivity index (χ1v) is 12.3. The number of ether oxygens (including phenoxy) is 2. The van der Waals surface area contributed by atoms with Gasteiger partial charge in [-0.3, -0.25) is 4.90 Å². The van der Waals surface area contributed by atoms with Crippen molar-refractivity contribution in [3.63, 3.8) is 0 Å². The molecular formula is C27H34ClN3O3. The van der Waals surface area contributed by atoms with Crippen LogP contribution in [0, 0.1) is 13.8 Å². The summed E-state index contributed by atoms with van der Waals surface area (Å²) in [6.45, 7) is 8.13. The second-order valence-electron chi connectivity index (χ2n) is 9.27. The largest absolute Gasteiger partial charge is 0.494 e. The van der Waals surface area contributed by atoms with Crippen molar-refractivity contribution in [2.75, 3.05) is 26.3 Å². The normalized spacial score (nSPS) is 18.7. The van der Waals surface area contributed by atoms with Gasteiger partial charge >= 0.3 is 0 Å². The minimum Gasteiger partial charge on any atom is -0.494 e. The van der Waals surface area contributed by atoms with Gasteiger partial charge in [-0.1, -0.05) is 29.8 Å². The Morgan fingerprint density at radius 3 is 2.71 bits per heavy atom. The average Bonchev–Trinajstić information content (AvgIpc) is 3.23. The molecule has 3 aromatic rings. The molecule has 1 saturated heterocycles. The van der Waals surface area contributed by atoms with Gasteiger partial charge in [0.25, 0.3) is 0 Å². The van der Waals surface area contributed by atoms with E-state index in [4.69, 9.17) is 21.1 Å². The zero-order chi connectivity index (χ0) is 24.0. The van der Waals surface area contributed by atoms with E-state index in [9.17, 15) is 5.11 Å². The Morgan fingerprint density at radius 1 is 1.12 bits per heavy atom.